The van der Waals surface area contributed by atoms with Crippen molar-refractivity contribution in [2.45, 2.75) is 39.4 Å². The first-order valence-corrected chi connectivity index (χ1v) is 7.11. The molecule has 1 aromatic carbocycles. The van der Waals surface area contributed by atoms with E-state index in [0.717, 1.165) is 50.5 Å². The van der Waals surface area contributed by atoms with E-state index in [0.29, 0.717) is 0 Å². The van der Waals surface area contributed by atoms with E-state index < -0.39 is 0 Å². The Balaban J connectivity index is 1.74. The minimum atomic E-state index is 0.779. The van der Waals surface area contributed by atoms with Gasteiger partial charge in [0.25, 0.3) is 0 Å². The Morgan fingerprint density at radius 2 is 2.25 bits per heavy atom. The summed E-state index contributed by atoms with van der Waals surface area (Å²) >= 11 is 0. The summed E-state index contributed by atoms with van der Waals surface area (Å²) in [6.07, 6.45) is 2.07. The van der Waals surface area contributed by atoms with Crippen LogP contribution in [0.4, 0.5) is 5.69 Å². The Bertz CT molecular complexity index is 591. The molecule has 0 atom stereocenters. The first-order valence-electron chi connectivity index (χ1n) is 7.11. The van der Waals surface area contributed by atoms with Crippen molar-refractivity contribution in [3.05, 3.63) is 35.2 Å². The number of tetrazole rings is 1. The minimum absolute atomic E-state index is 0.779. The van der Waals surface area contributed by atoms with Gasteiger partial charge in [0.2, 0.25) is 0 Å². The van der Waals surface area contributed by atoms with Crippen LogP contribution in [0.25, 0.3) is 0 Å². The van der Waals surface area contributed by atoms with Crippen molar-refractivity contribution in [3.63, 3.8) is 0 Å². The number of fused-ring (bicyclic) bond motifs is 1. The maximum absolute atomic E-state index is 6.08. The molecule has 0 saturated heterocycles. The molecular weight excluding hydrogens is 252 g/mol. The van der Waals surface area contributed by atoms with Crippen LogP contribution in [-0.4, -0.2) is 31.7 Å². The number of hydrogen-bond donors (Lipinski definition) is 1. The van der Waals surface area contributed by atoms with E-state index in [1.807, 2.05) is 16.8 Å². The van der Waals surface area contributed by atoms with Crippen LogP contribution in [0.5, 0.6) is 0 Å². The van der Waals surface area contributed by atoms with Crippen LogP contribution >= 0.6 is 0 Å². The topological polar surface area (TPSA) is 72.9 Å². The Kier molecular flexibility index (Phi) is 3.64. The van der Waals surface area contributed by atoms with Crippen molar-refractivity contribution in [2.24, 2.45) is 0 Å². The molecule has 0 saturated carbocycles. The zero-order valence-corrected chi connectivity index (χ0v) is 11.8. The van der Waals surface area contributed by atoms with Crippen LogP contribution < -0.4 is 5.73 Å². The Labute approximate surface area is 118 Å². The lowest BCUT2D eigenvalue weighted by Gasteiger charge is -2.29. The normalized spacial score (nSPS) is 15.2. The summed E-state index contributed by atoms with van der Waals surface area (Å²) in [5.74, 6) is 0.935. The maximum atomic E-state index is 6.08. The fourth-order valence-corrected chi connectivity index (χ4v) is 2.72. The SMILES string of the molecule is CCCn1nnnc1CN1CCc2cccc(N)c2C1. The molecule has 1 aliphatic rings. The molecule has 6 heteroatoms. The van der Waals surface area contributed by atoms with Crippen molar-refractivity contribution in [1.82, 2.24) is 25.1 Å². The van der Waals surface area contributed by atoms with Gasteiger partial charge in [0.1, 0.15) is 0 Å². The van der Waals surface area contributed by atoms with Gasteiger partial charge in [-0.15, -0.1) is 5.10 Å². The number of hydrogen-bond acceptors (Lipinski definition) is 5. The van der Waals surface area contributed by atoms with E-state index in [9.17, 15) is 0 Å². The Hall–Kier alpha value is -1.95. The molecule has 2 aromatic rings. The summed E-state index contributed by atoms with van der Waals surface area (Å²) in [5.41, 5.74) is 9.60. The molecule has 0 spiro atoms. The first-order chi connectivity index (χ1) is 9.78. The predicted molar refractivity (Wildman–Crippen MR) is 76.8 cm³/mol. The van der Waals surface area contributed by atoms with Gasteiger partial charge in [0.05, 0.1) is 6.54 Å². The van der Waals surface area contributed by atoms with Gasteiger partial charge < -0.3 is 5.73 Å². The number of nitrogen functional groups attached to an aromatic ring is 1. The maximum Gasteiger partial charge on any atom is 0.165 e. The van der Waals surface area contributed by atoms with Crippen molar-refractivity contribution in [1.29, 1.82) is 0 Å². The van der Waals surface area contributed by atoms with E-state index >= 15 is 0 Å². The number of benzene rings is 1. The fourth-order valence-electron chi connectivity index (χ4n) is 2.72. The highest BCUT2D eigenvalue weighted by atomic mass is 15.5. The zero-order chi connectivity index (χ0) is 13.9. The molecule has 1 aliphatic heterocycles. The Morgan fingerprint density at radius 1 is 1.35 bits per heavy atom. The van der Waals surface area contributed by atoms with Crippen LogP contribution in [0.3, 0.4) is 0 Å². The summed E-state index contributed by atoms with van der Waals surface area (Å²) < 4.78 is 1.89. The van der Waals surface area contributed by atoms with Crippen molar-refractivity contribution in [3.8, 4) is 0 Å². The van der Waals surface area contributed by atoms with Crippen molar-refractivity contribution < 1.29 is 0 Å². The molecule has 0 unspecified atom stereocenters. The molecule has 6 nitrogen and oxygen atoms in total. The van der Waals surface area contributed by atoms with Crippen LogP contribution in [-0.2, 0) is 26.1 Å². The molecule has 0 radical (unpaired) electrons. The number of nitrogens with two attached hydrogens (primary N) is 1. The summed E-state index contributed by atoms with van der Waals surface area (Å²) in [6, 6.07) is 6.18. The molecule has 0 amide bonds. The average molecular weight is 272 g/mol. The smallest absolute Gasteiger partial charge is 0.165 e. The predicted octanol–water partition coefficient (Wildman–Crippen LogP) is 1.22. The molecule has 0 aliphatic carbocycles. The number of aryl methyl sites for hydroxylation is 1. The van der Waals surface area contributed by atoms with Crippen LogP contribution in [0.15, 0.2) is 18.2 Å². The summed E-state index contributed by atoms with van der Waals surface area (Å²) in [6.45, 7) is 5.68. The van der Waals surface area contributed by atoms with Crippen LogP contribution in [0.2, 0.25) is 0 Å². The summed E-state index contributed by atoms with van der Waals surface area (Å²) in [4.78, 5) is 2.36. The van der Waals surface area contributed by atoms with Gasteiger partial charge in [-0.25, -0.2) is 4.68 Å². The van der Waals surface area contributed by atoms with E-state index in [1.54, 1.807) is 0 Å². The van der Waals surface area contributed by atoms with Crippen molar-refractivity contribution in [2.75, 3.05) is 12.3 Å². The van der Waals surface area contributed by atoms with E-state index in [4.69, 9.17) is 5.73 Å². The third-order valence-corrected chi connectivity index (χ3v) is 3.79. The number of nitrogens with zero attached hydrogens (tertiary/aromatic N) is 5. The van der Waals surface area contributed by atoms with Gasteiger partial charge in [-0.1, -0.05) is 19.1 Å². The number of rotatable bonds is 4. The molecule has 2 N–H and O–H groups in total. The molecule has 2 heterocycles. The molecule has 20 heavy (non-hydrogen) atoms. The van der Waals surface area contributed by atoms with Gasteiger partial charge in [0, 0.05) is 25.3 Å². The molecule has 0 fully saturated rings. The highest BCUT2D eigenvalue weighted by Crippen LogP contribution is 2.24. The zero-order valence-electron chi connectivity index (χ0n) is 11.8. The largest absolute Gasteiger partial charge is 0.398 e. The second-order valence-electron chi connectivity index (χ2n) is 5.26. The quantitative estimate of drug-likeness (QED) is 0.847. The lowest BCUT2D eigenvalue weighted by atomic mass is 9.98. The van der Waals surface area contributed by atoms with Gasteiger partial charge in [-0.2, -0.15) is 0 Å². The van der Waals surface area contributed by atoms with Crippen LogP contribution in [0.1, 0.15) is 30.3 Å². The summed E-state index contributed by atoms with van der Waals surface area (Å²) in [7, 11) is 0. The molecular formula is C14H20N6. The third kappa shape index (κ3) is 2.51. The van der Waals surface area contributed by atoms with Crippen molar-refractivity contribution >= 4 is 5.69 Å². The van der Waals surface area contributed by atoms with Crippen LogP contribution in [0, 0.1) is 0 Å². The highest BCUT2D eigenvalue weighted by molar-refractivity contribution is 5.51. The van der Waals surface area contributed by atoms with Gasteiger partial charge in [-0.05, 0) is 40.5 Å². The third-order valence-electron chi connectivity index (χ3n) is 3.79. The van der Waals surface area contributed by atoms with E-state index in [1.165, 1.54) is 11.1 Å². The molecule has 106 valence electrons. The van der Waals surface area contributed by atoms with Gasteiger partial charge in [0.15, 0.2) is 5.82 Å². The Morgan fingerprint density at radius 3 is 3.10 bits per heavy atom. The highest BCUT2D eigenvalue weighted by Gasteiger charge is 2.20. The second-order valence-corrected chi connectivity index (χ2v) is 5.26. The summed E-state index contributed by atoms with van der Waals surface area (Å²) in [5, 5.41) is 12.0. The van der Waals surface area contributed by atoms with Gasteiger partial charge >= 0.3 is 0 Å². The van der Waals surface area contributed by atoms with Gasteiger partial charge in [-0.3, -0.25) is 4.90 Å². The first kappa shape index (κ1) is 13.1. The van der Waals surface area contributed by atoms with E-state index in [-0.39, 0.29) is 0 Å². The average Bonchev–Trinajstić information content (AvgIpc) is 2.88. The monoisotopic (exact) mass is 272 g/mol. The second kappa shape index (κ2) is 5.58. The standard InChI is InChI=1S/C14H20N6/c1-2-7-20-14(16-17-18-20)10-19-8-6-11-4-3-5-13(15)12(11)9-19/h3-5H,2,6-10,15H2,1H3. The number of anilines is 1. The molecule has 1 aromatic heterocycles. The molecule has 0 bridgehead atoms. The lowest BCUT2D eigenvalue weighted by molar-refractivity contribution is 0.235. The lowest BCUT2D eigenvalue weighted by Crippen LogP contribution is -2.31. The molecule has 3 rings (SSSR count). The number of aromatic nitrogens is 4. The fraction of sp³-hybridized carbons (Fsp3) is 0.500. The minimum Gasteiger partial charge on any atom is -0.398 e. The van der Waals surface area contributed by atoms with E-state index in [2.05, 4.69) is 33.4 Å².